The molecule has 1 amide bonds. The monoisotopic (exact) mass is 489 g/mol. The summed E-state index contributed by atoms with van der Waals surface area (Å²) in [5.74, 6) is -0.632. The largest absolute Gasteiger partial charge is 0.368 e. The number of nitrogens with zero attached hydrogens (tertiary/aromatic N) is 5. The van der Waals surface area contributed by atoms with Crippen molar-refractivity contribution in [1.29, 1.82) is 0 Å². The van der Waals surface area contributed by atoms with E-state index in [1.807, 2.05) is 4.90 Å². The number of amides is 1. The molecule has 0 saturated carbocycles. The van der Waals surface area contributed by atoms with Gasteiger partial charge >= 0.3 is 0 Å². The fraction of sp³-hybridized carbons (Fsp3) is 0.409. The minimum absolute atomic E-state index is 0.00203. The number of carbonyl (C=O) groups excluding carboxylic acids is 1. The summed E-state index contributed by atoms with van der Waals surface area (Å²) in [7, 11) is -3.78. The molecule has 0 spiro atoms. The molecule has 0 radical (unpaired) electrons. The molecule has 0 N–H and O–H groups in total. The maximum Gasteiger partial charge on any atom is 0.245 e. The second kappa shape index (κ2) is 8.96. The molecular formula is C22H24FN5O3S2. The highest BCUT2D eigenvalue weighted by Crippen LogP contribution is 2.29. The van der Waals surface area contributed by atoms with Crippen LogP contribution in [0.3, 0.4) is 0 Å². The van der Waals surface area contributed by atoms with Gasteiger partial charge in [0.05, 0.1) is 17.6 Å². The van der Waals surface area contributed by atoms with E-state index in [1.165, 1.54) is 16.4 Å². The van der Waals surface area contributed by atoms with Gasteiger partial charge in [-0.2, -0.15) is 13.1 Å². The van der Waals surface area contributed by atoms with Crippen LogP contribution in [0, 0.1) is 11.7 Å². The summed E-state index contributed by atoms with van der Waals surface area (Å²) < 4.78 is 49.7. The van der Waals surface area contributed by atoms with Gasteiger partial charge in [-0.05, 0) is 49.2 Å². The Hall–Kier alpha value is -2.63. The van der Waals surface area contributed by atoms with Crippen LogP contribution in [0.15, 0.2) is 47.4 Å². The first-order chi connectivity index (χ1) is 15.9. The van der Waals surface area contributed by atoms with Crippen LogP contribution in [0.5, 0.6) is 0 Å². The van der Waals surface area contributed by atoms with Gasteiger partial charge in [0, 0.05) is 45.0 Å². The van der Waals surface area contributed by atoms with E-state index in [1.54, 1.807) is 30.3 Å². The Morgan fingerprint density at radius 2 is 1.76 bits per heavy atom. The van der Waals surface area contributed by atoms with Gasteiger partial charge in [0.2, 0.25) is 15.9 Å². The summed E-state index contributed by atoms with van der Waals surface area (Å²) in [5.41, 5.74) is 1.88. The van der Waals surface area contributed by atoms with E-state index < -0.39 is 10.0 Å². The molecule has 3 aromatic rings. The van der Waals surface area contributed by atoms with Gasteiger partial charge in [0.25, 0.3) is 0 Å². The van der Waals surface area contributed by atoms with Crippen LogP contribution in [-0.4, -0.2) is 71.5 Å². The van der Waals surface area contributed by atoms with E-state index in [0.29, 0.717) is 56.6 Å². The number of benzene rings is 2. The molecule has 1 aromatic heterocycles. The number of hydrogen-bond donors (Lipinski definition) is 0. The fourth-order valence-electron chi connectivity index (χ4n) is 4.59. The summed E-state index contributed by atoms with van der Waals surface area (Å²) in [4.78, 5) is 17.3. The van der Waals surface area contributed by atoms with Gasteiger partial charge in [0.1, 0.15) is 21.7 Å². The third-order valence-corrected chi connectivity index (χ3v) is 8.82. The molecule has 0 unspecified atom stereocenters. The summed E-state index contributed by atoms with van der Waals surface area (Å²) in [5, 5.41) is 0. The predicted octanol–water partition coefficient (Wildman–Crippen LogP) is 2.58. The SMILES string of the molecule is O=C([C@@H]1CCCN(S(=O)(=O)c2cccc3nsnc23)C1)N1CCN(c2ccc(F)cc2)CC1. The predicted molar refractivity (Wildman–Crippen MR) is 124 cm³/mol. The van der Waals surface area contributed by atoms with Gasteiger partial charge in [-0.25, -0.2) is 12.8 Å². The lowest BCUT2D eigenvalue weighted by Gasteiger charge is -2.39. The van der Waals surface area contributed by atoms with E-state index in [2.05, 4.69) is 13.6 Å². The maximum atomic E-state index is 13.4. The van der Waals surface area contributed by atoms with Crippen molar-refractivity contribution in [2.75, 3.05) is 44.2 Å². The Morgan fingerprint density at radius 3 is 2.52 bits per heavy atom. The number of aromatic nitrogens is 2. The third-order valence-electron chi connectivity index (χ3n) is 6.38. The standard InChI is InChI=1S/C22H24FN5O3S2/c23-17-6-8-18(9-7-17)26-11-13-27(14-12-26)22(29)16-3-2-10-28(15-16)33(30,31)20-5-1-4-19-21(20)25-32-24-19/h1,4-9,16H,2-3,10-15H2/t16-/m1/s1. The average Bonchev–Trinajstić information content (AvgIpc) is 3.33. The number of rotatable bonds is 4. The van der Waals surface area contributed by atoms with Crippen molar-refractivity contribution in [2.45, 2.75) is 17.7 Å². The van der Waals surface area contributed by atoms with Crippen LogP contribution in [-0.2, 0) is 14.8 Å². The summed E-state index contributed by atoms with van der Waals surface area (Å²) in [6.45, 7) is 2.99. The van der Waals surface area contributed by atoms with Crippen molar-refractivity contribution in [3.63, 3.8) is 0 Å². The van der Waals surface area contributed by atoms with E-state index in [-0.39, 0.29) is 29.1 Å². The van der Waals surface area contributed by atoms with Crippen LogP contribution in [0.2, 0.25) is 0 Å². The van der Waals surface area contributed by atoms with Crippen molar-refractivity contribution in [1.82, 2.24) is 18.0 Å². The first-order valence-electron chi connectivity index (χ1n) is 10.9. The first kappa shape index (κ1) is 22.2. The Labute approximate surface area is 196 Å². The smallest absolute Gasteiger partial charge is 0.245 e. The number of piperazine rings is 1. The highest BCUT2D eigenvalue weighted by molar-refractivity contribution is 7.89. The molecule has 8 nitrogen and oxygen atoms in total. The van der Waals surface area contributed by atoms with Crippen molar-refractivity contribution in [3.05, 3.63) is 48.3 Å². The Morgan fingerprint density at radius 1 is 1.00 bits per heavy atom. The number of anilines is 1. The molecule has 1 atom stereocenters. The lowest BCUT2D eigenvalue weighted by atomic mass is 9.97. The minimum Gasteiger partial charge on any atom is -0.368 e. The van der Waals surface area contributed by atoms with Gasteiger partial charge in [-0.1, -0.05) is 6.07 Å². The zero-order valence-corrected chi connectivity index (χ0v) is 19.6. The summed E-state index contributed by atoms with van der Waals surface area (Å²) >= 11 is 0.987. The van der Waals surface area contributed by atoms with Crippen LogP contribution in [0.1, 0.15) is 12.8 Å². The molecule has 11 heteroatoms. The van der Waals surface area contributed by atoms with Crippen LogP contribution >= 0.6 is 11.7 Å². The molecule has 2 aliphatic heterocycles. The van der Waals surface area contributed by atoms with Crippen molar-refractivity contribution < 1.29 is 17.6 Å². The van der Waals surface area contributed by atoms with Crippen LogP contribution in [0.25, 0.3) is 11.0 Å². The Kier molecular flexibility index (Phi) is 6.02. The fourth-order valence-corrected chi connectivity index (χ4v) is 6.86. The minimum atomic E-state index is -3.78. The van der Waals surface area contributed by atoms with Crippen molar-refractivity contribution >= 4 is 44.4 Å². The third kappa shape index (κ3) is 4.32. The summed E-state index contributed by atoms with van der Waals surface area (Å²) in [6, 6.07) is 11.3. The number of piperidine rings is 1. The average molecular weight is 490 g/mol. The molecule has 174 valence electrons. The number of carbonyl (C=O) groups is 1. The number of halogens is 1. The van der Waals surface area contributed by atoms with E-state index in [0.717, 1.165) is 17.4 Å². The molecule has 3 heterocycles. The van der Waals surface area contributed by atoms with Crippen molar-refractivity contribution in [2.24, 2.45) is 5.92 Å². The molecule has 33 heavy (non-hydrogen) atoms. The zero-order valence-electron chi connectivity index (χ0n) is 17.9. The van der Waals surface area contributed by atoms with Crippen LogP contribution < -0.4 is 4.90 Å². The Bertz CT molecular complexity index is 1260. The number of sulfonamides is 1. The highest BCUT2D eigenvalue weighted by Gasteiger charge is 2.36. The molecule has 0 bridgehead atoms. The quantitative estimate of drug-likeness (QED) is 0.560. The van der Waals surface area contributed by atoms with E-state index in [9.17, 15) is 17.6 Å². The van der Waals surface area contributed by atoms with Gasteiger partial charge in [-0.15, -0.1) is 0 Å². The van der Waals surface area contributed by atoms with Crippen molar-refractivity contribution in [3.8, 4) is 0 Å². The number of fused-ring (bicyclic) bond motifs is 1. The van der Waals surface area contributed by atoms with Gasteiger partial charge in [0.15, 0.2) is 0 Å². The number of hydrogen-bond acceptors (Lipinski definition) is 7. The lowest BCUT2D eigenvalue weighted by Crippen LogP contribution is -2.53. The lowest BCUT2D eigenvalue weighted by molar-refractivity contribution is -0.137. The molecular weight excluding hydrogens is 465 g/mol. The van der Waals surface area contributed by atoms with Gasteiger partial charge < -0.3 is 9.80 Å². The van der Waals surface area contributed by atoms with Gasteiger partial charge in [-0.3, -0.25) is 4.79 Å². The van der Waals surface area contributed by atoms with E-state index >= 15 is 0 Å². The molecule has 0 aliphatic carbocycles. The summed E-state index contributed by atoms with van der Waals surface area (Å²) in [6.07, 6.45) is 1.31. The molecule has 2 aliphatic rings. The molecule has 5 rings (SSSR count). The van der Waals surface area contributed by atoms with Crippen LogP contribution in [0.4, 0.5) is 10.1 Å². The second-order valence-electron chi connectivity index (χ2n) is 8.38. The second-order valence-corrected chi connectivity index (χ2v) is 10.8. The zero-order chi connectivity index (χ0) is 23.0. The molecule has 2 saturated heterocycles. The topological polar surface area (TPSA) is 86.7 Å². The first-order valence-corrected chi connectivity index (χ1v) is 13.1. The molecule has 2 fully saturated rings. The Balaban J connectivity index is 1.26. The highest BCUT2D eigenvalue weighted by atomic mass is 32.2. The van der Waals surface area contributed by atoms with E-state index in [4.69, 9.17) is 0 Å². The normalized spacial score (nSPS) is 20.3. The maximum absolute atomic E-state index is 13.4. The molecule has 2 aromatic carbocycles.